The highest BCUT2D eigenvalue weighted by atomic mass is 16.5. The van der Waals surface area contributed by atoms with Crippen LogP contribution in [0.3, 0.4) is 0 Å². The van der Waals surface area contributed by atoms with Crippen LogP contribution in [0.25, 0.3) is 11.3 Å². The summed E-state index contributed by atoms with van der Waals surface area (Å²) in [5, 5.41) is 6.15. The maximum absolute atomic E-state index is 12.1. The highest BCUT2D eigenvalue weighted by molar-refractivity contribution is 5.94. The zero-order chi connectivity index (χ0) is 18.5. The third kappa shape index (κ3) is 4.30. The van der Waals surface area contributed by atoms with E-state index in [0.29, 0.717) is 12.4 Å². The van der Waals surface area contributed by atoms with Gasteiger partial charge < -0.3 is 15.4 Å². The highest BCUT2D eigenvalue weighted by Crippen LogP contribution is 2.22. The van der Waals surface area contributed by atoms with Crippen molar-refractivity contribution in [3.63, 3.8) is 0 Å². The van der Waals surface area contributed by atoms with Crippen molar-refractivity contribution in [1.82, 2.24) is 9.97 Å². The number of rotatable bonds is 5. The van der Waals surface area contributed by atoms with Gasteiger partial charge in [0.05, 0.1) is 5.69 Å². The van der Waals surface area contributed by atoms with Crippen molar-refractivity contribution in [3.05, 3.63) is 67.0 Å². The summed E-state index contributed by atoms with van der Waals surface area (Å²) >= 11 is 0. The Hall–Kier alpha value is -3.25. The molecule has 1 saturated heterocycles. The monoisotopic (exact) mass is 360 g/mol. The predicted molar refractivity (Wildman–Crippen MR) is 105 cm³/mol. The summed E-state index contributed by atoms with van der Waals surface area (Å²) in [7, 11) is 0. The molecule has 0 spiro atoms. The first-order chi connectivity index (χ1) is 13.3. The van der Waals surface area contributed by atoms with Gasteiger partial charge in [-0.1, -0.05) is 30.3 Å². The molecule has 1 fully saturated rings. The minimum absolute atomic E-state index is 0.0866. The largest absolute Gasteiger partial charge is 0.368 e. The number of hydrogen-bond donors (Lipinski definition) is 2. The van der Waals surface area contributed by atoms with Gasteiger partial charge in [-0.3, -0.25) is 4.79 Å². The van der Waals surface area contributed by atoms with Gasteiger partial charge in [0.25, 0.3) is 5.91 Å². The third-order valence-electron chi connectivity index (χ3n) is 4.38. The number of ether oxygens (including phenoxy) is 1. The summed E-state index contributed by atoms with van der Waals surface area (Å²) in [4.78, 5) is 20.7. The van der Waals surface area contributed by atoms with Crippen LogP contribution in [-0.4, -0.2) is 28.6 Å². The molecule has 0 saturated carbocycles. The van der Waals surface area contributed by atoms with Gasteiger partial charge in [0.2, 0.25) is 0 Å². The lowest BCUT2D eigenvalue weighted by Gasteiger charge is -2.11. The molecule has 0 bridgehead atoms. The van der Waals surface area contributed by atoms with Crippen molar-refractivity contribution >= 4 is 23.1 Å². The molecule has 1 unspecified atom stereocenters. The molecular formula is C21H20N4O2. The fourth-order valence-electron chi connectivity index (χ4n) is 2.98. The third-order valence-corrected chi connectivity index (χ3v) is 4.38. The molecule has 3 aromatic rings. The molecule has 6 heteroatoms. The summed E-state index contributed by atoms with van der Waals surface area (Å²) in [6.45, 7) is 0.658. The Kier molecular flexibility index (Phi) is 5.07. The van der Waals surface area contributed by atoms with Gasteiger partial charge in [0, 0.05) is 29.6 Å². The Bertz CT molecular complexity index is 907. The number of anilines is 3. The van der Waals surface area contributed by atoms with E-state index < -0.39 is 0 Å². The van der Waals surface area contributed by atoms with E-state index in [4.69, 9.17) is 4.74 Å². The fourth-order valence-corrected chi connectivity index (χ4v) is 2.98. The number of carbonyl (C=O) groups is 1. The normalized spacial score (nSPS) is 16.1. The first kappa shape index (κ1) is 17.2. The number of nitrogens with one attached hydrogen (secondary N) is 2. The maximum Gasteiger partial charge on any atom is 0.253 e. The second kappa shape index (κ2) is 7.97. The van der Waals surface area contributed by atoms with Crippen LogP contribution in [0.1, 0.15) is 12.8 Å². The Morgan fingerprint density at radius 1 is 1.00 bits per heavy atom. The molecule has 1 aliphatic rings. The van der Waals surface area contributed by atoms with Crippen molar-refractivity contribution in [3.8, 4) is 11.3 Å². The van der Waals surface area contributed by atoms with Crippen LogP contribution < -0.4 is 10.6 Å². The van der Waals surface area contributed by atoms with Crippen LogP contribution in [-0.2, 0) is 9.53 Å². The fraction of sp³-hybridized carbons (Fsp3) is 0.190. The average molecular weight is 360 g/mol. The number of nitrogens with zero attached hydrogens (tertiary/aromatic N) is 2. The average Bonchev–Trinajstić information content (AvgIpc) is 3.25. The van der Waals surface area contributed by atoms with Crippen molar-refractivity contribution in [2.45, 2.75) is 18.9 Å². The smallest absolute Gasteiger partial charge is 0.253 e. The first-order valence-corrected chi connectivity index (χ1v) is 8.95. The van der Waals surface area contributed by atoms with Gasteiger partial charge in [0.15, 0.2) is 0 Å². The van der Waals surface area contributed by atoms with E-state index >= 15 is 0 Å². The Labute approximate surface area is 157 Å². The van der Waals surface area contributed by atoms with Crippen LogP contribution in [0.2, 0.25) is 0 Å². The quantitative estimate of drug-likeness (QED) is 0.719. The zero-order valence-electron chi connectivity index (χ0n) is 14.8. The van der Waals surface area contributed by atoms with Gasteiger partial charge in [-0.25, -0.2) is 9.97 Å². The van der Waals surface area contributed by atoms with Crippen molar-refractivity contribution in [2.75, 3.05) is 17.2 Å². The second-order valence-corrected chi connectivity index (χ2v) is 6.35. The summed E-state index contributed by atoms with van der Waals surface area (Å²) in [5.41, 5.74) is 3.51. The Morgan fingerprint density at radius 3 is 2.52 bits per heavy atom. The molecule has 2 aromatic carbocycles. The van der Waals surface area contributed by atoms with E-state index in [1.165, 1.54) is 0 Å². The number of aromatic nitrogens is 2. The van der Waals surface area contributed by atoms with Crippen LogP contribution in [0.4, 0.5) is 17.2 Å². The minimum Gasteiger partial charge on any atom is -0.368 e. The highest BCUT2D eigenvalue weighted by Gasteiger charge is 2.23. The van der Waals surface area contributed by atoms with Crippen LogP contribution >= 0.6 is 0 Å². The van der Waals surface area contributed by atoms with Crippen LogP contribution in [0.5, 0.6) is 0 Å². The summed E-state index contributed by atoms with van der Waals surface area (Å²) < 4.78 is 5.40. The lowest BCUT2D eigenvalue weighted by molar-refractivity contribution is -0.124. The predicted octanol–water partition coefficient (Wildman–Crippen LogP) is 4.00. The van der Waals surface area contributed by atoms with Gasteiger partial charge in [-0.15, -0.1) is 0 Å². The molecule has 2 N–H and O–H groups in total. The molecule has 6 nitrogen and oxygen atoms in total. The number of carbonyl (C=O) groups excluding carboxylic acids is 1. The molecule has 1 atom stereocenters. The van der Waals surface area contributed by atoms with Gasteiger partial charge in [-0.2, -0.15) is 0 Å². The number of hydrogen-bond acceptors (Lipinski definition) is 5. The van der Waals surface area contributed by atoms with Gasteiger partial charge in [0.1, 0.15) is 18.2 Å². The lowest BCUT2D eigenvalue weighted by Crippen LogP contribution is -2.26. The zero-order valence-corrected chi connectivity index (χ0v) is 14.8. The minimum atomic E-state index is -0.333. The van der Waals surface area contributed by atoms with E-state index in [2.05, 4.69) is 20.6 Å². The Balaban J connectivity index is 1.42. The van der Waals surface area contributed by atoms with Crippen molar-refractivity contribution in [1.29, 1.82) is 0 Å². The van der Waals surface area contributed by atoms with Crippen molar-refractivity contribution < 1.29 is 9.53 Å². The molecule has 27 heavy (non-hydrogen) atoms. The maximum atomic E-state index is 12.1. The van der Waals surface area contributed by atoms with E-state index in [1.54, 1.807) is 6.33 Å². The molecule has 1 aliphatic heterocycles. The van der Waals surface area contributed by atoms with E-state index in [0.717, 1.165) is 35.5 Å². The molecule has 136 valence electrons. The molecule has 4 rings (SSSR count). The van der Waals surface area contributed by atoms with Gasteiger partial charge in [-0.05, 0) is 37.1 Å². The van der Waals surface area contributed by atoms with Crippen molar-refractivity contribution in [2.24, 2.45) is 0 Å². The summed E-state index contributed by atoms with van der Waals surface area (Å²) in [6, 6.07) is 19.4. The van der Waals surface area contributed by atoms with Gasteiger partial charge >= 0.3 is 0 Å². The number of benzene rings is 2. The van der Waals surface area contributed by atoms with Crippen LogP contribution in [0, 0.1) is 0 Å². The molecule has 2 heterocycles. The van der Waals surface area contributed by atoms with Crippen LogP contribution in [0.15, 0.2) is 67.0 Å². The van der Waals surface area contributed by atoms with E-state index in [9.17, 15) is 4.79 Å². The van der Waals surface area contributed by atoms with E-state index in [1.807, 2.05) is 60.7 Å². The number of amides is 1. The molecule has 1 amide bonds. The molecular weight excluding hydrogens is 340 g/mol. The SMILES string of the molecule is O=C(Nc1ccc(Nc2cc(-c3ccccc3)ncn2)cc1)C1CCCO1. The molecule has 0 radical (unpaired) electrons. The first-order valence-electron chi connectivity index (χ1n) is 8.95. The standard InChI is InChI=1S/C21H20N4O2/c26-21(19-7-4-12-27-19)25-17-10-8-16(9-11-17)24-20-13-18(22-14-23-20)15-5-2-1-3-6-15/h1-3,5-6,8-11,13-14,19H,4,7,12H2,(H,25,26)(H,22,23,24). The molecule has 1 aromatic heterocycles. The second-order valence-electron chi connectivity index (χ2n) is 6.35. The molecule has 0 aliphatic carbocycles. The van der Waals surface area contributed by atoms with E-state index in [-0.39, 0.29) is 12.0 Å². The topological polar surface area (TPSA) is 76.1 Å². The Morgan fingerprint density at radius 2 is 1.78 bits per heavy atom. The lowest BCUT2D eigenvalue weighted by atomic mass is 10.1. The summed E-state index contributed by atoms with van der Waals surface area (Å²) in [6.07, 6.45) is 2.93. The summed E-state index contributed by atoms with van der Waals surface area (Å²) in [5.74, 6) is 0.622.